The number of fused-ring (bicyclic) bond motifs is 1. The summed E-state index contributed by atoms with van der Waals surface area (Å²) in [4.78, 5) is 4.36. The number of hydrogen-bond acceptors (Lipinski definition) is 5. The normalized spacial score (nSPS) is 10.7. The standard InChI is InChI=1S/C12H15ClN4O/c13-6-9-18-8-3-7-14-12-15-10-4-1-2-5-11(10)16-17-12/h1-2,4-5H,3,6-9H2,(H,14,15,17). The first-order chi connectivity index (χ1) is 8.90. The number of anilines is 1. The molecule has 0 amide bonds. The molecule has 0 aliphatic heterocycles. The Kier molecular flexibility index (Phi) is 5.11. The van der Waals surface area contributed by atoms with Crippen molar-refractivity contribution in [3.8, 4) is 0 Å². The lowest BCUT2D eigenvalue weighted by atomic mass is 10.3. The number of halogens is 1. The zero-order valence-corrected chi connectivity index (χ0v) is 10.7. The van der Waals surface area contributed by atoms with Gasteiger partial charge in [0.2, 0.25) is 5.95 Å². The summed E-state index contributed by atoms with van der Waals surface area (Å²) in [7, 11) is 0. The molecule has 0 aliphatic rings. The predicted molar refractivity (Wildman–Crippen MR) is 72.0 cm³/mol. The largest absolute Gasteiger partial charge is 0.380 e. The summed E-state index contributed by atoms with van der Waals surface area (Å²) < 4.78 is 5.26. The van der Waals surface area contributed by atoms with Gasteiger partial charge in [-0.1, -0.05) is 12.1 Å². The highest BCUT2D eigenvalue weighted by Crippen LogP contribution is 2.08. The summed E-state index contributed by atoms with van der Waals surface area (Å²) in [6.45, 7) is 2.03. The smallest absolute Gasteiger partial charge is 0.243 e. The minimum absolute atomic E-state index is 0.533. The molecule has 0 bridgehead atoms. The Labute approximate surface area is 111 Å². The zero-order valence-electron chi connectivity index (χ0n) is 9.97. The molecule has 0 saturated carbocycles. The number of alkyl halides is 1. The van der Waals surface area contributed by atoms with E-state index in [0.717, 1.165) is 24.0 Å². The molecule has 1 aromatic heterocycles. The van der Waals surface area contributed by atoms with E-state index in [1.165, 1.54) is 0 Å². The number of rotatable bonds is 7. The van der Waals surface area contributed by atoms with Gasteiger partial charge < -0.3 is 10.1 Å². The van der Waals surface area contributed by atoms with E-state index in [1.54, 1.807) is 0 Å². The van der Waals surface area contributed by atoms with E-state index in [-0.39, 0.29) is 0 Å². The molecule has 0 unspecified atom stereocenters. The molecule has 96 valence electrons. The summed E-state index contributed by atoms with van der Waals surface area (Å²) >= 11 is 5.50. The maximum Gasteiger partial charge on any atom is 0.243 e. The Balaban J connectivity index is 1.81. The summed E-state index contributed by atoms with van der Waals surface area (Å²) in [6, 6.07) is 7.65. The highest BCUT2D eigenvalue weighted by Gasteiger charge is 1.99. The molecule has 6 heteroatoms. The number of para-hydroxylation sites is 1. The SMILES string of the molecule is ClCCOCCCNc1nnc2ccccc2n1. The van der Waals surface area contributed by atoms with Crippen molar-refractivity contribution in [3.05, 3.63) is 24.3 Å². The van der Waals surface area contributed by atoms with Gasteiger partial charge in [0.1, 0.15) is 5.52 Å². The molecule has 0 spiro atoms. The third-order valence-electron chi connectivity index (χ3n) is 2.33. The first kappa shape index (κ1) is 13.0. The van der Waals surface area contributed by atoms with Gasteiger partial charge in [0.05, 0.1) is 12.1 Å². The Morgan fingerprint density at radius 2 is 1.94 bits per heavy atom. The van der Waals surface area contributed by atoms with Crippen molar-refractivity contribution in [1.29, 1.82) is 0 Å². The maximum absolute atomic E-state index is 5.50. The van der Waals surface area contributed by atoms with Gasteiger partial charge in [-0.25, -0.2) is 4.98 Å². The van der Waals surface area contributed by atoms with E-state index in [4.69, 9.17) is 16.3 Å². The quantitative estimate of drug-likeness (QED) is 0.614. The molecule has 1 heterocycles. The van der Waals surface area contributed by atoms with Gasteiger partial charge in [-0.2, -0.15) is 0 Å². The third kappa shape index (κ3) is 3.78. The topological polar surface area (TPSA) is 59.9 Å². The first-order valence-corrected chi connectivity index (χ1v) is 6.40. The lowest BCUT2D eigenvalue weighted by Gasteiger charge is -2.05. The van der Waals surface area contributed by atoms with Gasteiger partial charge >= 0.3 is 0 Å². The van der Waals surface area contributed by atoms with Crippen molar-refractivity contribution in [2.75, 3.05) is 31.0 Å². The van der Waals surface area contributed by atoms with Crippen LogP contribution in [0.5, 0.6) is 0 Å². The van der Waals surface area contributed by atoms with Crippen LogP contribution in [0.25, 0.3) is 11.0 Å². The highest BCUT2D eigenvalue weighted by atomic mass is 35.5. The van der Waals surface area contributed by atoms with E-state index in [2.05, 4.69) is 20.5 Å². The van der Waals surface area contributed by atoms with Crippen LogP contribution in [0, 0.1) is 0 Å². The molecule has 2 aromatic rings. The molecule has 0 atom stereocenters. The number of nitrogens with zero attached hydrogens (tertiary/aromatic N) is 3. The van der Waals surface area contributed by atoms with Crippen molar-refractivity contribution in [2.45, 2.75) is 6.42 Å². The van der Waals surface area contributed by atoms with Crippen LogP contribution in [0.4, 0.5) is 5.95 Å². The second-order valence-corrected chi connectivity index (χ2v) is 4.08. The lowest BCUT2D eigenvalue weighted by molar-refractivity contribution is 0.149. The minimum atomic E-state index is 0.533. The Morgan fingerprint density at radius 3 is 2.78 bits per heavy atom. The molecule has 1 aromatic carbocycles. The van der Waals surface area contributed by atoms with Crippen LogP contribution in [-0.4, -0.2) is 40.8 Å². The number of hydrogen-bond donors (Lipinski definition) is 1. The summed E-state index contributed by atoms with van der Waals surface area (Å²) in [6.07, 6.45) is 0.882. The predicted octanol–water partition coefficient (Wildman–Crippen LogP) is 2.08. The maximum atomic E-state index is 5.50. The van der Waals surface area contributed by atoms with Crippen molar-refractivity contribution in [2.24, 2.45) is 0 Å². The van der Waals surface area contributed by atoms with Gasteiger partial charge in [0.15, 0.2) is 0 Å². The van der Waals surface area contributed by atoms with Crippen molar-refractivity contribution >= 4 is 28.6 Å². The van der Waals surface area contributed by atoms with Gasteiger partial charge in [-0.15, -0.1) is 21.8 Å². The van der Waals surface area contributed by atoms with Crippen LogP contribution in [0.15, 0.2) is 24.3 Å². The monoisotopic (exact) mass is 266 g/mol. The van der Waals surface area contributed by atoms with Crippen LogP contribution in [0.3, 0.4) is 0 Å². The van der Waals surface area contributed by atoms with Gasteiger partial charge in [0.25, 0.3) is 0 Å². The van der Waals surface area contributed by atoms with E-state index in [9.17, 15) is 0 Å². The van der Waals surface area contributed by atoms with E-state index in [1.807, 2.05) is 24.3 Å². The fourth-order valence-corrected chi connectivity index (χ4v) is 1.60. The molecule has 0 aliphatic carbocycles. The minimum Gasteiger partial charge on any atom is -0.380 e. The van der Waals surface area contributed by atoms with Crippen LogP contribution in [0.2, 0.25) is 0 Å². The van der Waals surface area contributed by atoms with Gasteiger partial charge in [-0.05, 0) is 18.6 Å². The van der Waals surface area contributed by atoms with Crippen molar-refractivity contribution in [3.63, 3.8) is 0 Å². The lowest BCUT2D eigenvalue weighted by Crippen LogP contribution is -2.09. The van der Waals surface area contributed by atoms with Gasteiger partial charge in [0, 0.05) is 19.0 Å². The fourth-order valence-electron chi connectivity index (χ4n) is 1.49. The Hall–Kier alpha value is -1.46. The number of aromatic nitrogens is 3. The van der Waals surface area contributed by atoms with E-state index in [0.29, 0.717) is 25.0 Å². The molecule has 5 nitrogen and oxygen atoms in total. The molecular formula is C12H15ClN4O. The first-order valence-electron chi connectivity index (χ1n) is 5.87. The fraction of sp³-hybridized carbons (Fsp3) is 0.417. The van der Waals surface area contributed by atoms with Crippen LogP contribution < -0.4 is 5.32 Å². The van der Waals surface area contributed by atoms with Crippen LogP contribution >= 0.6 is 11.6 Å². The molecule has 2 rings (SSSR count). The van der Waals surface area contributed by atoms with Crippen LogP contribution in [-0.2, 0) is 4.74 Å². The number of benzene rings is 1. The molecule has 1 N–H and O–H groups in total. The van der Waals surface area contributed by atoms with E-state index < -0.39 is 0 Å². The highest BCUT2D eigenvalue weighted by molar-refractivity contribution is 6.17. The summed E-state index contributed by atoms with van der Waals surface area (Å²) in [5, 5.41) is 11.2. The Bertz CT molecular complexity index is 494. The van der Waals surface area contributed by atoms with E-state index >= 15 is 0 Å². The molecule has 0 fully saturated rings. The molecule has 18 heavy (non-hydrogen) atoms. The Morgan fingerprint density at radius 1 is 1.11 bits per heavy atom. The second kappa shape index (κ2) is 7.08. The third-order valence-corrected chi connectivity index (χ3v) is 2.48. The van der Waals surface area contributed by atoms with Crippen molar-refractivity contribution < 1.29 is 4.74 Å². The molecule has 0 saturated heterocycles. The molecular weight excluding hydrogens is 252 g/mol. The number of ether oxygens (including phenoxy) is 1. The zero-order chi connectivity index (χ0) is 12.6. The average molecular weight is 267 g/mol. The van der Waals surface area contributed by atoms with Crippen molar-refractivity contribution in [1.82, 2.24) is 15.2 Å². The summed E-state index contributed by atoms with van der Waals surface area (Å²) in [5.41, 5.74) is 1.64. The molecule has 0 radical (unpaired) electrons. The average Bonchev–Trinajstić information content (AvgIpc) is 2.42. The second-order valence-electron chi connectivity index (χ2n) is 3.71. The number of nitrogens with one attached hydrogen (secondary N) is 1. The van der Waals surface area contributed by atoms with Crippen LogP contribution in [0.1, 0.15) is 6.42 Å². The summed E-state index contributed by atoms with van der Waals surface area (Å²) in [5.74, 6) is 1.08. The van der Waals surface area contributed by atoms with Gasteiger partial charge in [-0.3, -0.25) is 0 Å².